The van der Waals surface area contributed by atoms with E-state index in [0.29, 0.717) is 19.6 Å². The molecule has 0 aliphatic carbocycles. The Kier molecular flexibility index (Phi) is 10.2. The summed E-state index contributed by atoms with van der Waals surface area (Å²) in [4.78, 5) is 1.94. The highest BCUT2D eigenvalue weighted by Gasteiger charge is 2.00. The number of terminal acetylenes is 2. The maximum absolute atomic E-state index is 5.13. The number of hydrogen-bond acceptors (Lipinski definition) is 1. The van der Waals surface area contributed by atoms with Gasteiger partial charge in [0.1, 0.15) is 0 Å². The molecule has 0 fully saturated rings. The normalized spacial score (nSPS) is 8.00. The predicted molar refractivity (Wildman–Crippen MR) is 59.4 cm³/mol. The molecule has 0 rings (SSSR count). The number of nitrogens with zero attached hydrogens (tertiary/aromatic N) is 1. The maximum Gasteiger partial charge on any atom is 0.0611 e. The fourth-order valence-electron chi connectivity index (χ4n) is 0.669. The monoisotopic (exact) mass is 247 g/mol. The molecule has 0 aromatic carbocycles. The van der Waals surface area contributed by atoms with Crippen LogP contribution >= 0.6 is 28.3 Å². The molecular weight excluding hydrogens is 237 g/mol. The van der Waals surface area contributed by atoms with Crippen LogP contribution in [0, 0.1) is 24.7 Å². The van der Waals surface area contributed by atoms with Crippen LogP contribution in [0.1, 0.15) is 0 Å². The Balaban J connectivity index is 0. The predicted octanol–water partition coefficient (Wildman–Crippen LogP) is 1.89. The topological polar surface area (TPSA) is 3.24 Å². The molecule has 0 aliphatic rings. The zero-order chi connectivity index (χ0) is 8.69. The van der Waals surface area contributed by atoms with Gasteiger partial charge >= 0.3 is 0 Å². The Morgan fingerprint density at radius 1 is 1.33 bits per heavy atom. The van der Waals surface area contributed by atoms with E-state index in [9.17, 15) is 0 Å². The first kappa shape index (κ1) is 14.1. The summed E-state index contributed by atoms with van der Waals surface area (Å²) in [5, 5.41) is 0. The van der Waals surface area contributed by atoms with E-state index in [1.54, 1.807) is 0 Å². The van der Waals surface area contributed by atoms with Crippen LogP contribution in [0.5, 0.6) is 0 Å². The molecule has 0 saturated heterocycles. The molecule has 0 unspecified atom stereocenters. The first-order valence-electron chi connectivity index (χ1n) is 3.13. The first-order valence-corrected chi connectivity index (χ1v) is 3.92. The maximum atomic E-state index is 5.13. The lowest BCUT2D eigenvalue weighted by molar-refractivity contribution is 0.383. The van der Waals surface area contributed by atoms with Crippen molar-refractivity contribution in [3.05, 3.63) is 11.1 Å². The van der Waals surface area contributed by atoms with Crippen LogP contribution < -0.4 is 0 Å². The minimum Gasteiger partial charge on any atom is -0.276 e. The van der Waals surface area contributed by atoms with Crippen LogP contribution in [0.15, 0.2) is 11.1 Å². The zero-order valence-electron chi connectivity index (χ0n) is 6.72. The van der Waals surface area contributed by atoms with Gasteiger partial charge in [0.15, 0.2) is 0 Å². The Bertz CT molecular complexity index is 196. The minimum absolute atomic E-state index is 0. The van der Waals surface area contributed by atoms with Crippen molar-refractivity contribution in [2.24, 2.45) is 0 Å². The molecule has 0 amide bonds. The van der Waals surface area contributed by atoms with Crippen molar-refractivity contribution in [3.8, 4) is 24.7 Å². The number of hydrogen-bond donors (Lipinski definition) is 0. The fraction of sp³-hybridized carbons (Fsp3) is 0.333. The number of rotatable bonds is 4. The highest BCUT2D eigenvalue weighted by atomic mass is 79.9. The summed E-state index contributed by atoms with van der Waals surface area (Å²) in [7, 11) is 0. The van der Waals surface area contributed by atoms with E-state index in [4.69, 9.17) is 12.8 Å². The zero-order valence-corrected chi connectivity index (χ0v) is 9.12. The van der Waals surface area contributed by atoms with Gasteiger partial charge in [0.25, 0.3) is 0 Å². The first-order chi connectivity index (χ1) is 5.20. The third-order valence-electron chi connectivity index (χ3n) is 1.02. The molecule has 1 nitrogen and oxygen atoms in total. The SMILES string of the molecule is C#CCN(CC#C)CC(=C)Br.Cl. The van der Waals surface area contributed by atoms with Gasteiger partial charge in [-0.15, -0.1) is 25.3 Å². The number of halogens is 2. The van der Waals surface area contributed by atoms with E-state index in [-0.39, 0.29) is 12.4 Å². The fourth-order valence-corrected chi connectivity index (χ4v) is 1.02. The van der Waals surface area contributed by atoms with Gasteiger partial charge in [-0.1, -0.05) is 34.3 Å². The van der Waals surface area contributed by atoms with E-state index in [2.05, 4.69) is 34.3 Å². The van der Waals surface area contributed by atoms with E-state index >= 15 is 0 Å². The van der Waals surface area contributed by atoms with Crippen LogP contribution in [0.4, 0.5) is 0 Å². The van der Waals surface area contributed by atoms with Gasteiger partial charge in [0.2, 0.25) is 0 Å². The quantitative estimate of drug-likeness (QED) is 0.687. The summed E-state index contributed by atoms with van der Waals surface area (Å²) >= 11 is 3.24. The van der Waals surface area contributed by atoms with Gasteiger partial charge < -0.3 is 0 Å². The van der Waals surface area contributed by atoms with Crippen LogP contribution in [0.3, 0.4) is 0 Å². The summed E-state index contributed by atoms with van der Waals surface area (Å²) in [5.74, 6) is 5.05. The highest BCUT2D eigenvalue weighted by Crippen LogP contribution is 2.02. The minimum atomic E-state index is 0. The van der Waals surface area contributed by atoms with Gasteiger partial charge in [0.05, 0.1) is 13.1 Å². The largest absolute Gasteiger partial charge is 0.276 e. The Hall–Kier alpha value is -0.410. The molecule has 3 heteroatoms. The molecule has 0 aliphatic heterocycles. The van der Waals surface area contributed by atoms with Gasteiger partial charge in [-0.2, -0.15) is 0 Å². The molecule has 0 aromatic heterocycles. The lowest BCUT2D eigenvalue weighted by Crippen LogP contribution is -2.25. The van der Waals surface area contributed by atoms with Crippen LogP contribution in [0.2, 0.25) is 0 Å². The molecule has 0 saturated carbocycles. The van der Waals surface area contributed by atoms with Crippen LogP contribution in [-0.2, 0) is 0 Å². The lowest BCUT2D eigenvalue weighted by atomic mass is 10.4. The van der Waals surface area contributed by atoms with Crippen molar-refractivity contribution in [2.45, 2.75) is 0 Å². The molecule has 0 spiro atoms. The summed E-state index contributed by atoms with van der Waals surface area (Å²) in [6.45, 7) is 5.53. The third-order valence-corrected chi connectivity index (χ3v) is 1.28. The smallest absolute Gasteiger partial charge is 0.0611 e. The molecule has 0 aromatic rings. The molecule has 0 N–H and O–H groups in total. The Morgan fingerprint density at radius 2 is 1.75 bits per heavy atom. The standard InChI is InChI=1S/C9H10BrN.ClH/c1-4-6-11(7-5-2)8-9(3)10;/h1-2H,3,6-8H2;1H. The Morgan fingerprint density at radius 3 is 2.00 bits per heavy atom. The van der Waals surface area contributed by atoms with E-state index in [0.717, 1.165) is 4.48 Å². The van der Waals surface area contributed by atoms with Crippen molar-refractivity contribution in [2.75, 3.05) is 19.6 Å². The molecule has 0 radical (unpaired) electrons. The van der Waals surface area contributed by atoms with Gasteiger partial charge in [-0.3, -0.25) is 4.90 Å². The second-order valence-electron chi connectivity index (χ2n) is 2.07. The van der Waals surface area contributed by atoms with Crippen molar-refractivity contribution in [3.63, 3.8) is 0 Å². The molecule has 0 atom stereocenters. The summed E-state index contributed by atoms with van der Waals surface area (Å²) in [6, 6.07) is 0. The van der Waals surface area contributed by atoms with Gasteiger partial charge in [-0.05, 0) is 0 Å². The highest BCUT2D eigenvalue weighted by molar-refractivity contribution is 9.11. The molecule has 66 valence electrons. The second kappa shape index (κ2) is 8.68. The van der Waals surface area contributed by atoms with E-state index in [1.807, 2.05) is 4.90 Å². The average Bonchev–Trinajstić information content (AvgIpc) is 1.87. The second-order valence-corrected chi connectivity index (χ2v) is 3.19. The molecule has 0 bridgehead atoms. The lowest BCUT2D eigenvalue weighted by Gasteiger charge is -2.14. The van der Waals surface area contributed by atoms with Gasteiger partial charge in [0, 0.05) is 11.0 Å². The van der Waals surface area contributed by atoms with Crippen LogP contribution in [0.25, 0.3) is 0 Å². The van der Waals surface area contributed by atoms with Crippen molar-refractivity contribution >= 4 is 28.3 Å². The molecular formula is C9H11BrClN. The van der Waals surface area contributed by atoms with Crippen molar-refractivity contribution < 1.29 is 0 Å². The van der Waals surface area contributed by atoms with E-state index in [1.165, 1.54) is 0 Å². The van der Waals surface area contributed by atoms with E-state index < -0.39 is 0 Å². The van der Waals surface area contributed by atoms with Crippen molar-refractivity contribution in [1.82, 2.24) is 4.90 Å². The van der Waals surface area contributed by atoms with Crippen molar-refractivity contribution in [1.29, 1.82) is 0 Å². The average molecular weight is 249 g/mol. The summed E-state index contributed by atoms with van der Waals surface area (Å²) < 4.78 is 0.892. The summed E-state index contributed by atoms with van der Waals surface area (Å²) in [6.07, 6.45) is 10.3. The third kappa shape index (κ3) is 7.69. The molecule has 0 heterocycles. The Labute approximate surface area is 88.7 Å². The van der Waals surface area contributed by atoms with Gasteiger partial charge in [-0.25, -0.2) is 0 Å². The van der Waals surface area contributed by atoms with Crippen LogP contribution in [-0.4, -0.2) is 24.5 Å². The molecule has 12 heavy (non-hydrogen) atoms. The summed E-state index contributed by atoms with van der Waals surface area (Å²) in [5.41, 5.74) is 0.